The zero-order valence-electron chi connectivity index (χ0n) is 27.6. The number of anilines is 1. The SMILES string of the molecule is CCC[N+](C)(C)CCC[N+](C)(C)CCCC[n+]1c(C=CC=CC=C2N(C)c3ccccc3C2(C)C)sc2ccccc21. The van der Waals surface area contributed by atoms with Gasteiger partial charge in [0.1, 0.15) is 4.70 Å². The third-order valence-electron chi connectivity index (χ3n) is 9.04. The Labute approximate surface area is 260 Å². The molecule has 0 spiro atoms. The van der Waals surface area contributed by atoms with Gasteiger partial charge in [0.25, 0.3) is 5.01 Å². The Kier molecular flexibility index (Phi) is 10.5. The van der Waals surface area contributed by atoms with Crippen molar-refractivity contribution < 1.29 is 13.5 Å². The molecule has 2 heterocycles. The van der Waals surface area contributed by atoms with Crippen molar-refractivity contribution >= 4 is 33.3 Å². The molecule has 0 saturated carbocycles. The van der Waals surface area contributed by atoms with Crippen molar-refractivity contribution in [3.63, 3.8) is 0 Å². The van der Waals surface area contributed by atoms with Gasteiger partial charge in [0.15, 0.2) is 6.54 Å². The van der Waals surface area contributed by atoms with Gasteiger partial charge in [0.05, 0.1) is 54.4 Å². The van der Waals surface area contributed by atoms with Crippen LogP contribution in [0.3, 0.4) is 0 Å². The van der Waals surface area contributed by atoms with Crippen molar-refractivity contribution in [3.8, 4) is 0 Å². The summed E-state index contributed by atoms with van der Waals surface area (Å²) in [6, 6.07) is 17.6. The lowest BCUT2D eigenvalue weighted by molar-refractivity contribution is -0.909. The molecular weight excluding hydrogens is 533 g/mol. The minimum absolute atomic E-state index is 0.00599. The third-order valence-corrected chi connectivity index (χ3v) is 10.2. The van der Waals surface area contributed by atoms with Gasteiger partial charge in [-0.25, -0.2) is 0 Å². The van der Waals surface area contributed by atoms with Crippen LogP contribution < -0.4 is 9.47 Å². The van der Waals surface area contributed by atoms with Crippen LogP contribution in [0.2, 0.25) is 0 Å². The number of unbranched alkanes of at least 4 members (excludes halogenated alkanes) is 1. The molecule has 2 aromatic carbocycles. The number of benzene rings is 2. The van der Waals surface area contributed by atoms with E-state index in [-0.39, 0.29) is 5.41 Å². The molecule has 0 radical (unpaired) electrons. The van der Waals surface area contributed by atoms with Gasteiger partial charge in [0, 0.05) is 55.3 Å². The number of fused-ring (bicyclic) bond motifs is 2. The lowest BCUT2D eigenvalue weighted by Crippen LogP contribution is -2.46. The Hall–Kier alpha value is -2.73. The van der Waals surface area contributed by atoms with Crippen molar-refractivity contribution in [3.05, 3.63) is 89.1 Å². The van der Waals surface area contributed by atoms with E-state index in [4.69, 9.17) is 0 Å². The summed E-state index contributed by atoms with van der Waals surface area (Å²) >= 11 is 1.89. The molecular formula is C37H55N4S+3. The van der Waals surface area contributed by atoms with Gasteiger partial charge in [0.2, 0.25) is 5.52 Å². The van der Waals surface area contributed by atoms with Gasteiger partial charge >= 0.3 is 0 Å². The number of para-hydroxylation sites is 2. The summed E-state index contributed by atoms with van der Waals surface area (Å²) in [6.45, 7) is 13.0. The number of aromatic nitrogens is 1. The van der Waals surface area contributed by atoms with Crippen LogP contribution in [0.1, 0.15) is 57.0 Å². The molecule has 42 heavy (non-hydrogen) atoms. The maximum atomic E-state index is 2.53. The van der Waals surface area contributed by atoms with E-state index in [1.165, 1.54) is 84.0 Å². The van der Waals surface area contributed by atoms with Gasteiger partial charge < -0.3 is 13.9 Å². The van der Waals surface area contributed by atoms with Crippen LogP contribution in [0, 0.1) is 0 Å². The molecule has 0 fully saturated rings. The van der Waals surface area contributed by atoms with Crippen LogP contribution in [0.4, 0.5) is 5.69 Å². The third kappa shape index (κ3) is 7.80. The molecule has 226 valence electrons. The zero-order chi connectivity index (χ0) is 30.4. The molecule has 5 heteroatoms. The number of hydrogen-bond donors (Lipinski definition) is 0. The van der Waals surface area contributed by atoms with Crippen molar-refractivity contribution in [2.45, 2.75) is 58.4 Å². The Balaban J connectivity index is 1.36. The number of hydrogen-bond acceptors (Lipinski definition) is 2. The number of aryl methyl sites for hydroxylation is 1. The van der Waals surface area contributed by atoms with E-state index in [1.54, 1.807) is 0 Å². The van der Waals surface area contributed by atoms with Crippen LogP contribution in [0.5, 0.6) is 0 Å². The van der Waals surface area contributed by atoms with Gasteiger partial charge in [-0.2, -0.15) is 4.57 Å². The summed E-state index contributed by atoms with van der Waals surface area (Å²) in [5.41, 5.74) is 5.39. The number of likely N-dealkylation sites (N-methyl/N-ethyl adjacent to an activating group) is 1. The minimum atomic E-state index is 0.00599. The van der Waals surface area contributed by atoms with Crippen molar-refractivity contribution in [1.82, 2.24) is 0 Å². The van der Waals surface area contributed by atoms with E-state index in [2.05, 4.69) is 144 Å². The Morgan fingerprint density at radius 2 is 1.48 bits per heavy atom. The highest BCUT2D eigenvalue weighted by Crippen LogP contribution is 2.46. The zero-order valence-corrected chi connectivity index (χ0v) is 28.4. The topological polar surface area (TPSA) is 7.12 Å². The maximum Gasteiger partial charge on any atom is 0.262 e. The van der Waals surface area contributed by atoms with E-state index in [0.29, 0.717) is 0 Å². The fourth-order valence-corrected chi connectivity index (χ4v) is 7.72. The first-order valence-corrected chi connectivity index (χ1v) is 16.7. The lowest BCUT2D eigenvalue weighted by atomic mass is 9.84. The first kappa shape index (κ1) is 32.2. The summed E-state index contributed by atoms with van der Waals surface area (Å²) < 4.78 is 6.15. The lowest BCUT2D eigenvalue weighted by Gasteiger charge is -2.33. The normalized spacial score (nSPS) is 16.5. The van der Waals surface area contributed by atoms with Gasteiger partial charge in [-0.3, -0.25) is 0 Å². The standard InChI is InChI=1S/C37H55N4S/c1-9-27-40(5,6)29-19-30-41(7,8)28-18-17-26-39-33-22-15-16-23-34(33)42-36(39)25-12-10-11-24-35-37(2,3)31-20-13-14-21-32(31)38(35)4/h10-16,20-25H,9,17-19,26-30H2,1-8H3/q+3. The molecule has 4 rings (SSSR count). The molecule has 1 aliphatic rings. The average Bonchev–Trinajstić information content (AvgIpc) is 3.38. The largest absolute Gasteiger partial charge is 0.347 e. The highest BCUT2D eigenvalue weighted by Gasteiger charge is 2.37. The van der Waals surface area contributed by atoms with Gasteiger partial charge in [-0.15, -0.1) is 0 Å². The number of nitrogens with zero attached hydrogens (tertiary/aromatic N) is 4. The number of allylic oxidation sites excluding steroid dienone is 5. The Morgan fingerprint density at radius 1 is 0.810 bits per heavy atom. The first-order valence-electron chi connectivity index (χ1n) is 15.9. The molecule has 0 amide bonds. The predicted octanol–water partition coefficient (Wildman–Crippen LogP) is 7.80. The van der Waals surface area contributed by atoms with Gasteiger partial charge in [-0.05, 0) is 30.2 Å². The van der Waals surface area contributed by atoms with Crippen LogP contribution in [0.25, 0.3) is 16.3 Å². The molecule has 0 aliphatic carbocycles. The van der Waals surface area contributed by atoms with E-state index in [9.17, 15) is 0 Å². The molecule has 0 unspecified atom stereocenters. The van der Waals surface area contributed by atoms with Crippen molar-refractivity contribution in [1.29, 1.82) is 0 Å². The van der Waals surface area contributed by atoms with Crippen molar-refractivity contribution in [2.75, 3.05) is 66.3 Å². The molecule has 0 atom stereocenters. The summed E-state index contributed by atoms with van der Waals surface area (Å²) in [4.78, 5) is 2.33. The van der Waals surface area contributed by atoms with E-state index in [1.807, 2.05) is 11.3 Å². The van der Waals surface area contributed by atoms with E-state index in [0.717, 1.165) is 15.5 Å². The molecule has 3 aromatic rings. The maximum absolute atomic E-state index is 2.53. The molecule has 4 nitrogen and oxygen atoms in total. The monoisotopic (exact) mass is 587 g/mol. The second-order valence-electron chi connectivity index (χ2n) is 13.9. The first-order chi connectivity index (χ1) is 20.0. The smallest absolute Gasteiger partial charge is 0.262 e. The molecule has 1 aromatic heterocycles. The number of quaternary nitrogens is 2. The van der Waals surface area contributed by atoms with Crippen molar-refractivity contribution in [2.24, 2.45) is 0 Å². The molecule has 0 N–H and O–H groups in total. The molecule has 0 saturated heterocycles. The summed E-state index contributed by atoms with van der Waals surface area (Å²) in [6.07, 6.45) is 16.1. The highest BCUT2D eigenvalue weighted by molar-refractivity contribution is 7.18. The van der Waals surface area contributed by atoms with Crippen LogP contribution >= 0.6 is 11.3 Å². The fourth-order valence-electron chi connectivity index (χ4n) is 6.62. The number of thiazole rings is 1. The molecule has 1 aliphatic heterocycles. The van der Waals surface area contributed by atoms with Crippen LogP contribution in [-0.4, -0.2) is 70.4 Å². The minimum Gasteiger partial charge on any atom is -0.347 e. The molecule has 0 bridgehead atoms. The summed E-state index contributed by atoms with van der Waals surface area (Å²) in [7, 11) is 11.7. The van der Waals surface area contributed by atoms with Crippen LogP contribution in [0.15, 0.2) is 78.5 Å². The van der Waals surface area contributed by atoms with Gasteiger partial charge in [-0.1, -0.05) is 80.7 Å². The fraction of sp³-hybridized carbons (Fsp3) is 0.486. The second kappa shape index (κ2) is 13.7. The van der Waals surface area contributed by atoms with E-state index < -0.39 is 0 Å². The van der Waals surface area contributed by atoms with E-state index >= 15 is 0 Å². The summed E-state index contributed by atoms with van der Waals surface area (Å²) in [5, 5.41) is 1.32. The predicted molar refractivity (Wildman–Crippen MR) is 184 cm³/mol. The number of rotatable bonds is 14. The highest BCUT2D eigenvalue weighted by atomic mass is 32.1. The summed E-state index contributed by atoms with van der Waals surface area (Å²) in [5.74, 6) is 0. The second-order valence-corrected chi connectivity index (χ2v) is 14.9. The Bertz CT molecular complexity index is 1420. The quantitative estimate of drug-likeness (QED) is 0.0808. The average molecular weight is 588 g/mol. The van der Waals surface area contributed by atoms with Crippen LogP contribution in [-0.2, 0) is 12.0 Å². The Morgan fingerprint density at radius 3 is 2.21 bits per heavy atom.